The smallest absolute Gasteiger partial charge is 0.185 e. The first-order valence-electron chi connectivity index (χ1n) is 8.92. The Kier molecular flexibility index (Phi) is 6.04. The van der Waals surface area contributed by atoms with Crippen molar-refractivity contribution in [1.82, 2.24) is 0 Å². The first-order valence-corrected chi connectivity index (χ1v) is 8.92. The number of ketones is 1. The van der Waals surface area contributed by atoms with E-state index in [4.69, 9.17) is 4.74 Å². The van der Waals surface area contributed by atoms with Crippen LogP contribution in [-0.2, 0) is 4.74 Å². The molecule has 1 aromatic carbocycles. The molecule has 0 bridgehead atoms. The highest BCUT2D eigenvalue weighted by molar-refractivity contribution is 6.04. The van der Waals surface area contributed by atoms with Gasteiger partial charge in [0.1, 0.15) is 24.4 Å². The van der Waals surface area contributed by atoms with E-state index in [0.717, 1.165) is 0 Å². The fraction of sp³-hybridized carbons (Fsp3) is 0.381. The van der Waals surface area contributed by atoms with Gasteiger partial charge in [-0.2, -0.15) is 0 Å². The lowest BCUT2D eigenvalue weighted by atomic mass is 9.71. The molecular weight excluding hydrogens is 348 g/mol. The van der Waals surface area contributed by atoms with Crippen LogP contribution in [0.15, 0.2) is 66.8 Å². The van der Waals surface area contributed by atoms with Crippen molar-refractivity contribution >= 4 is 5.78 Å². The van der Waals surface area contributed by atoms with E-state index in [0.29, 0.717) is 12.0 Å². The molecule has 0 radical (unpaired) electrons. The summed E-state index contributed by atoms with van der Waals surface area (Å²) in [6.45, 7) is -0.496. The summed E-state index contributed by atoms with van der Waals surface area (Å²) in [6, 6.07) is 8.80. The molecule has 0 aromatic heterocycles. The van der Waals surface area contributed by atoms with Crippen molar-refractivity contribution in [3.63, 3.8) is 0 Å². The summed E-state index contributed by atoms with van der Waals surface area (Å²) in [7, 11) is 0. The van der Waals surface area contributed by atoms with Crippen molar-refractivity contribution in [2.45, 2.75) is 36.9 Å². The maximum atomic E-state index is 12.5. The molecule has 4 N–H and O–H groups in total. The third-order valence-electron chi connectivity index (χ3n) is 5.15. The summed E-state index contributed by atoms with van der Waals surface area (Å²) in [5, 5.41) is 40.1. The van der Waals surface area contributed by atoms with E-state index in [2.05, 4.69) is 0 Å². The molecule has 144 valence electrons. The second kappa shape index (κ2) is 8.29. The minimum atomic E-state index is -1.46. The Balaban J connectivity index is 1.91. The molecule has 1 fully saturated rings. The predicted octanol–water partition coefficient (Wildman–Crippen LogP) is 0.770. The van der Waals surface area contributed by atoms with Gasteiger partial charge in [0.25, 0.3) is 0 Å². The molecule has 6 atom stereocenters. The number of aliphatic hydroxyl groups excluding tert-OH is 4. The van der Waals surface area contributed by atoms with Crippen molar-refractivity contribution in [2.75, 3.05) is 6.61 Å². The van der Waals surface area contributed by atoms with Gasteiger partial charge in [-0.15, -0.1) is 0 Å². The van der Waals surface area contributed by atoms with Crippen LogP contribution in [0.25, 0.3) is 0 Å². The van der Waals surface area contributed by atoms with Crippen LogP contribution in [0.5, 0.6) is 0 Å². The molecule has 1 heterocycles. The van der Waals surface area contributed by atoms with Crippen molar-refractivity contribution < 1.29 is 30.0 Å². The number of carbonyl (C=O) groups is 1. The Morgan fingerprint density at radius 3 is 2.48 bits per heavy atom. The van der Waals surface area contributed by atoms with Crippen molar-refractivity contribution in [2.24, 2.45) is 5.41 Å². The Hall–Kier alpha value is -2.09. The van der Waals surface area contributed by atoms with E-state index in [-0.39, 0.29) is 5.78 Å². The molecule has 1 aromatic rings. The lowest BCUT2D eigenvalue weighted by molar-refractivity contribution is -0.245. The van der Waals surface area contributed by atoms with Gasteiger partial charge in [-0.3, -0.25) is 4.79 Å². The predicted molar refractivity (Wildman–Crippen MR) is 99.0 cm³/mol. The van der Waals surface area contributed by atoms with Gasteiger partial charge in [-0.25, -0.2) is 0 Å². The lowest BCUT2D eigenvalue weighted by Crippen LogP contribution is -2.62. The van der Waals surface area contributed by atoms with E-state index in [1.54, 1.807) is 42.5 Å². The third-order valence-corrected chi connectivity index (χ3v) is 5.15. The monoisotopic (exact) mass is 372 g/mol. The van der Waals surface area contributed by atoms with Crippen molar-refractivity contribution in [3.05, 3.63) is 72.4 Å². The van der Waals surface area contributed by atoms with Crippen LogP contribution >= 0.6 is 0 Å². The molecular formula is C21H24O6. The van der Waals surface area contributed by atoms with Gasteiger partial charge >= 0.3 is 0 Å². The van der Waals surface area contributed by atoms with E-state index in [1.807, 2.05) is 18.2 Å². The van der Waals surface area contributed by atoms with E-state index in [9.17, 15) is 25.2 Å². The SMILES string of the molecule is O=C(C=CC1(C2O[C@H](CO)[C@@H](O)[C@H](O)[C@H]2O)C=CC=CC1)c1ccccc1. The number of aliphatic hydroxyl groups is 4. The molecule has 6 nitrogen and oxygen atoms in total. The van der Waals surface area contributed by atoms with Gasteiger partial charge < -0.3 is 25.2 Å². The molecule has 0 saturated carbocycles. The minimum Gasteiger partial charge on any atom is -0.394 e. The second-order valence-electron chi connectivity index (χ2n) is 6.92. The summed E-state index contributed by atoms with van der Waals surface area (Å²) in [6.07, 6.45) is 4.63. The van der Waals surface area contributed by atoms with E-state index in [1.165, 1.54) is 6.08 Å². The Morgan fingerprint density at radius 2 is 1.85 bits per heavy atom. The van der Waals surface area contributed by atoms with Crippen LogP contribution in [0.1, 0.15) is 16.8 Å². The number of rotatable bonds is 5. The van der Waals surface area contributed by atoms with Crippen LogP contribution < -0.4 is 0 Å². The molecule has 1 aliphatic heterocycles. The summed E-state index contributed by atoms with van der Waals surface area (Å²) < 4.78 is 5.75. The Bertz CT molecular complexity index is 738. The number of hydrogen-bond donors (Lipinski definition) is 4. The number of hydrogen-bond acceptors (Lipinski definition) is 6. The molecule has 0 spiro atoms. The van der Waals surface area contributed by atoms with Gasteiger partial charge in [0, 0.05) is 11.0 Å². The molecule has 0 amide bonds. The van der Waals surface area contributed by atoms with E-state index < -0.39 is 42.5 Å². The first kappa shape index (κ1) is 19.7. The third kappa shape index (κ3) is 3.95. The van der Waals surface area contributed by atoms with Crippen LogP contribution in [0.2, 0.25) is 0 Å². The standard InChI is InChI=1S/C21H24O6/c22-13-16-17(24)18(25)19(26)20(27-16)21(10-5-2-6-11-21)12-9-15(23)14-7-3-1-4-8-14/h1-10,12,16-20,22,24-26H,11,13H2/t16-,17-,18+,19-,20?,21?/m1/s1. The molecule has 2 aliphatic rings. The van der Waals surface area contributed by atoms with Crippen molar-refractivity contribution in [3.8, 4) is 0 Å². The van der Waals surface area contributed by atoms with Gasteiger partial charge in [-0.1, -0.05) is 60.7 Å². The normalized spacial score (nSPS) is 36.2. The quantitative estimate of drug-likeness (QED) is 0.449. The topological polar surface area (TPSA) is 107 Å². The van der Waals surface area contributed by atoms with Crippen molar-refractivity contribution in [1.29, 1.82) is 0 Å². The molecule has 1 aliphatic carbocycles. The Labute approximate surface area is 157 Å². The zero-order chi connectivity index (χ0) is 19.4. The molecule has 3 rings (SSSR count). The zero-order valence-electron chi connectivity index (χ0n) is 14.8. The lowest BCUT2D eigenvalue weighted by Gasteiger charge is -2.47. The largest absolute Gasteiger partial charge is 0.394 e. The van der Waals surface area contributed by atoms with Crippen LogP contribution in [0, 0.1) is 5.41 Å². The summed E-state index contributed by atoms with van der Waals surface area (Å²) in [5.41, 5.74) is -0.360. The number of benzene rings is 1. The summed E-state index contributed by atoms with van der Waals surface area (Å²) in [5.74, 6) is -0.192. The maximum Gasteiger partial charge on any atom is 0.185 e. The van der Waals surface area contributed by atoms with Crippen LogP contribution in [0.4, 0.5) is 0 Å². The van der Waals surface area contributed by atoms with Crippen LogP contribution in [-0.4, -0.2) is 63.3 Å². The molecule has 6 heteroatoms. The zero-order valence-corrected chi connectivity index (χ0v) is 14.8. The van der Waals surface area contributed by atoms with Gasteiger partial charge in [0.05, 0.1) is 12.7 Å². The van der Waals surface area contributed by atoms with Crippen LogP contribution in [0.3, 0.4) is 0 Å². The molecule has 2 unspecified atom stereocenters. The Morgan fingerprint density at radius 1 is 1.11 bits per heavy atom. The number of ether oxygens (including phenoxy) is 1. The fourth-order valence-electron chi connectivity index (χ4n) is 3.56. The first-order chi connectivity index (χ1) is 13.0. The molecule has 1 saturated heterocycles. The van der Waals surface area contributed by atoms with Gasteiger partial charge in [0.15, 0.2) is 5.78 Å². The highest BCUT2D eigenvalue weighted by Gasteiger charge is 2.50. The van der Waals surface area contributed by atoms with E-state index >= 15 is 0 Å². The molecule has 27 heavy (non-hydrogen) atoms. The average Bonchev–Trinajstić information content (AvgIpc) is 2.72. The van der Waals surface area contributed by atoms with Gasteiger partial charge in [-0.05, 0) is 12.5 Å². The number of carbonyl (C=O) groups excluding carboxylic acids is 1. The number of allylic oxidation sites excluding steroid dienone is 4. The fourth-order valence-corrected chi connectivity index (χ4v) is 3.56. The second-order valence-corrected chi connectivity index (χ2v) is 6.92. The highest BCUT2D eigenvalue weighted by atomic mass is 16.5. The highest BCUT2D eigenvalue weighted by Crippen LogP contribution is 2.41. The van der Waals surface area contributed by atoms with Gasteiger partial charge in [0.2, 0.25) is 0 Å². The average molecular weight is 372 g/mol. The minimum absolute atomic E-state index is 0.192. The summed E-state index contributed by atoms with van der Waals surface area (Å²) >= 11 is 0. The summed E-state index contributed by atoms with van der Waals surface area (Å²) in [4.78, 5) is 12.5. The maximum absolute atomic E-state index is 12.5.